The van der Waals surface area contributed by atoms with Gasteiger partial charge in [-0.15, -0.1) is 0 Å². The Kier molecular flexibility index (Phi) is 5.73. The van der Waals surface area contributed by atoms with Gasteiger partial charge in [-0.2, -0.15) is 5.26 Å². The minimum absolute atomic E-state index is 0.0725. The van der Waals surface area contributed by atoms with Crippen LogP contribution in [0.25, 0.3) is 0 Å². The lowest BCUT2D eigenvalue weighted by molar-refractivity contribution is -0.384. The van der Waals surface area contributed by atoms with E-state index in [0.717, 1.165) is 32.1 Å². The molecule has 1 aliphatic rings. The number of nitriles is 1. The zero-order chi connectivity index (χ0) is 15.9. The Balaban J connectivity index is 1.86. The molecule has 0 saturated heterocycles. The van der Waals surface area contributed by atoms with Gasteiger partial charge in [0.05, 0.1) is 22.7 Å². The van der Waals surface area contributed by atoms with Crippen molar-refractivity contribution in [3.63, 3.8) is 0 Å². The highest BCUT2D eigenvalue weighted by Crippen LogP contribution is 2.29. The molecule has 1 fully saturated rings. The molecule has 1 aliphatic carbocycles. The number of aliphatic hydroxyl groups is 1. The van der Waals surface area contributed by atoms with Crippen LogP contribution in [0.5, 0.6) is 0 Å². The highest BCUT2D eigenvalue weighted by Gasteiger charge is 2.22. The lowest BCUT2D eigenvalue weighted by Crippen LogP contribution is -2.24. The largest absolute Gasteiger partial charge is 0.393 e. The van der Waals surface area contributed by atoms with E-state index in [1.807, 2.05) is 6.07 Å². The van der Waals surface area contributed by atoms with Crippen molar-refractivity contribution in [3.05, 3.63) is 33.9 Å². The summed E-state index contributed by atoms with van der Waals surface area (Å²) in [4.78, 5) is 10.6. The first-order valence-corrected chi connectivity index (χ1v) is 7.72. The number of benzene rings is 1. The van der Waals surface area contributed by atoms with E-state index < -0.39 is 4.92 Å². The van der Waals surface area contributed by atoms with Crippen LogP contribution >= 0.6 is 0 Å². The van der Waals surface area contributed by atoms with Crippen LogP contribution in [0, 0.1) is 27.4 Å². The smallest absolute Gasteiger partial charge is 0.293 e. The molecule has 2 unspecified atom stereocenters. The number of rotatable bonds is 6. The van der Waals surface area contributed by atoms with Gasteiger partial charge in [-0.05, 0) is 43.7 Å². The van der Waals surface area contributed by atoms with Crippen LogP contribution in [-0.4, -0.2) is 22.7 Å². The fourth-order valence-electron chi connectivity index (χ4n) is 3.01. The first kappa shape index (κ1) is 16.2. The lowest BCUT2D eigenvalue weighted by atomic mass is 9.83. The summed E-state index contributed by atoms with van der Waals surface area (Å²) in [5, 5.41) is 32.8. The molecular weight excluding hydrogens is 282 g/mol. The van der Waals surface area contributed by atoms with Crippen molar-refractivity contribution in [1.29, 1.82) is 5.26 Å². The Morgan fingerprint density at radius 1 is 1.41 bits per heavy atom. The highest BCUT2D eigenvalue weighted by molar-refractivity contribution is 5.63. The number of nitro benzene ring substituents is 1. The van der Waals surface area contributed by atoms with Gasteiger partial charge in [0.25, 0.3) is 5.69 Å². The molecule has 0 bridgehead atoms. The normalized spacial score (nSPS) is 21.1. The Morgan fingerprint density at radius 3 is 2.86 bits per heavy atom. The average Bonchev–Trinajstić information content (AvgIpc) is 2.53. The zero-order valence-electron chi connectivity index (χ0n) is 12.5. The van der Waals surface area contributed by atoms with Crippen LogP contribution in [0.15, 0.2) is 18.2 Å². The monoisotopic (exact) mass is 303 g/mol. The summed E-state index contributed by atoms with van der Waals surface area (Å²) < 4.78 is 0. The number of nitro groups is 1. The number of nitrogens with zero attached hydrogens (tertiary/aromatic N) is 2. The molecular formula is C16H21N3O3. The van der Waals surface area contributed by atoms with E-state index >= 15 is 0 Å². The van der Waals surface area contributed by atoms with Crippen LogP contribution in [0.2, 0.25) is 0 Å². The number of hydrogen-bond acceptors (Lipinski definition) is 5. The maximum absolute atomic E-state index is 11.0. The molecule has 118 valence electrons. The van der Waals surface area contributed by atoms with E-state index in [4.69, 9.17) is 5.26 Å². The molecule has 22 heavy (non-hydrogen) atoms. The number of nitrogens with one attached hydrogen (secondary N) is 1. The fraction of sp³-hybridized carbons (Fsp3) is 0.562. The third-order valence-electron chi connectivity index (χ3n) is 4.26. The summed E-state index contributed by atoms with van der Waals surface area (Å²) >= 11 is 0. The highest BCUT2D eigenvalue weighted by atomic mass is 16.6. The molecule has 6 nitrogen and oxygen atoms in total. The van der Waals surface area contributed by atoms with Gasteiger partial charge >= 0.3 is 0 Å². The van der Waals surface area contributed by atoms with E-state index in [9.17, 15) is 15.2 Å². The minimum atomic E-state index is -0.478. The summed E-state index contributed by atoms with van der Waals surface area (Å²) in [5.74, 6) is 0.353. The van der Waals surface area contributed by atoms with Gasteiger partial charge in [0.2, 0.25) is 0 Å². The first-order chi connectivity index (χ1) is 10.6. The standard InChI is InChI=1S/C16H21N3O3/c17-11-12-7-8-14(15(10-12)19(21)22)18-9-3-5-13-4-1-2-6-16(13)20/h7-8,10,13,16,18,20H,1-6,9H2. The van der Waals surface area contributed by atoms with E-state index in [1.54, 1.807) is 12.1 Å². The van der Waals surface area contributed by atoms with Gasteiger partial charge in [0.15, 0.2) is 0 Å². The number of aliphatic hydroxyl groups excluding tert-OH is 1. The van der Waals surface area contributed by atoms with Crippen LogP contribution in [0.3, 0.4) is 0 Å². The van der Waals surface area contributed by atoms with Crippen molar-refractivity contribution in [2.24, 2.45) is 5.92 Å². The summed E-state index contributed by atoms with van der Waals surface area (Å²) in [6.07, 6.45) is 5.83. The lowest BCUT2D eigenvalue weighted by Gasteiger charge is -2.27. The molecule has 0 amide bonds. The molecule has 1 aromatic carbocycles. The average molecular weight is 303 g/mol. The van der Waals surface area contributed by atoms with Crippen molar-refractivity contribution in [3.8, 4) is 6.07 Å². The predicted octanol–water partition coefficient (Wildman–Crippen LogP) is 3.21. The van der Waals surface area contributed by atoms with Crippen LogP contribution in [-0.2, 0) is 0 Å². The molecule has 0 heterocycles. The van der Waals surface area contributed by atoms with Crippen LogP contribution < -0.4 is 5.32 Å². The summed E-state index contributed by atoms with van der Waals surface area (Å²) in [6.45, 7) is 0.621. The third-order valence-corrected chi connectivity index (χ3v) is 4.26. The van der Waals surface area contributed by atoms with Gasteiger partial charge in [-0.3, -0.25) is 10.1 Å². The second-order valence-corrected chi connectivity index (χ2v) is 5.78. The number of anilines is 1. The van der Waals surface area contributed by atoms with Crippen molar-refractivity contribution in [2.45, 2.75) is 44.6 Å². The Morgan fingerprint density at radius 2 is 2.18 bits per heavy atom. The minimum Gasteiger partial charge on any atom is -0.393 e. The molecule has 0 radical (unpaired) electrons. The third kappa shape index (κ3) is 4.18. The van der Waals surface area contributed by atoms with Crippen molar-refractivity contribution in [2.75, 3.05) is 11.9 Å². The van der Waals surface area contributed by atoms with Gasteiger partial charge < -0.3 is 10.4 Å². The van der Waals surface area contributed by atoms with Crippen molar-refractivity contribution >= 4 is 11.4 Å². The van der Waals surface area contributed by atoms with E-state index in [-0.39, 0.29) is 17.4 Å². The predicted molar refractivity (Wildman–Crippen MR) is 83.5 cm³/mol. The van der Waals surface area contributed by atoms with Gasteiger partial charge in [0, 0.05) is 12.6 Å². The molecule has 1 saturated carbocycles. The SMILES string of the molecule is N#Cc1ccc(NCCCC2CCCCC2O)c([N+](=O)[O-])c1. The van der Waals surface area contributed by atoms with Crippen LogP contribution in [0.4, 0.5) is 11.4 Å². The first-order valence-electron chi connectivity index (χ1n) is 7.72. The van der Waals surface area contributed by atoms with Crippen molar-refractivity contribution in [1.82, 2.24) is 0 Å². The van der Waals surface area contributed by atoms with Crippen molar-refractivity contribution < 1.29 is 10.0 Å². The molecule has 0 aliphatic heterocycles. The van der Waals surface area contributed by atoms with E-state index in [1.165, 1.54) is 12.5 Å². The molecule has 0 aromatic heterocycles. The molecule has 2 rings (SSSR count). The second kappa shape index (κ2) is 7.76. The quantitative estimate of drug-likeness (QED) is 0.477. The van der Waals surface area contributed by atoms with Gasteiger partial charge in [0.1, 0.15) is 5.69 Å². The van der Waals surface area contributed by atoms with E-state index in [2.05, 4.69) is 5.32 Å². The maximum atomic E-state index is 11.0. The molecule has 0 spiro atoms. The molecule has 2 N–H and O–H groups in total. The molecule has 2 atom stereocenters. The second-order valence-electron chi connectivity index (χ2n) is 5.78. The molecule has 1 aromatic rings. The summed E-state index contributed by atoms with van der Waals surface area (Å²) in [6, 6.07) is 6.33. The zero-order valence-corrected chi connectivity index (χ0v) is 12.5. The topological polar surface area (TPSA) is 99.2 Å². The Labute approximate surface area is 129 Å². The van der Waals surface area contributed by atoms with Gasteiger partial charge in [-0.1, -0.05) is 12.8 Å². The molecule has 6 heteroatoms. The fourth-order valence-corrected chi connectivity index (χ4v) is 3.01. The van der Waals surface area contributed by atoms with E-state index in [0.29, 0.717) is 18.2 Å². The Hall–Kier alpha value is -2.13. The van der Waals surface area contributed by atoms with Gasteiger partial charge in [-0.25, -0.2) is 0 Å². The Bertz CT molecular complexity index is 568. The summed E-state index contributed by atoms with van der Waals surface area (Å²) in [5.41, 5.74) is 0.646. The van der Waals surface area contributed by atoms with Crippen LogP contribution in [0.1, 0.15) is 44.1 Å². The number of hydrogen-bond donors (Lipinski definition) is 2. The maximum Gasteiger partial charge on any atom is 0.293 e. The summed E-state index contributed by atoms with van der Waals surface area (Å²) in [7, 11) is 0.